The summed E-state index contributed by atoms with van der Waals surface area (Å²) in [7, 11) is 3.46. The Morgan fingerprint density at radius 1 is 1.25 bits per heavy atom. The van der Waals surface area contributed by atoms with Crippen LogP contribution in [0.4, 0.5) is 5.69 Å². The number of halogens is 1. The summed E-state index contributed by atoms with van der Waals surface area (Å²) in [6, 6.07) is 3.68. The van der Waals surface area contributed by atoms with Crippen molar-refractivity contribution in [3.8, 4) is 0 Å². The number of hydrogen-bond donors (Lipinski definition) is 1. The van der Waals surface area contributed by atoms with Gasteiger partial charge in [-0.2, -0.15) is 0 Å². The number of imidazole rings is 1. The number of amides is 1. The van der Waals surface area contributed by atoms with E-state index in [0.717, 1.165) is 28.3 Å². The fourth-order valence-corrected chi connectivity index (χ4v) is 2.60. The smallest absolute Gasteiger partial charge is 0.325 e. The summed E-state index contributed by atoms with van der Waals surface area (Å²) in [5, 5.41) is 2.88. The fourth-order valence-electron chi connectivity index (χ4n) is 2.17. The maximum Gasteiger partial charge on any atom is 0.328 e. The Kier molecular flexibility index (Phi) is 4.32. The summed E-state index contributed by atoms with van der Waals surface area (Å²) >= 11 is 3.44. The molecule has 1 aromatic heterocycles. The summed E-state index contributed by atoms with van der Waals surface area (Å²) in [6.07, 6.45) is 2.37. The minimum Gasteiger partial charge on any atom is -0.325 e. The first-order chi connectivity index (χ1) is 9.45. The van der Waals surface area contributed by atoms with E-state index in [1.165, 1.54) is 0 Å². The molecule has 0 saturated carbocycles. The normalized spacial score (nSPS) is 11.0. The number of carbonyl (C=O) groups excluding carboxylic acids is 1. The van der Waals surface area contributed by atoms with Gasteiger partial charge in [-0.05, 0) is 34.5 Å². The maximum atomic E-state index is 11.9. The number of hydrogen-bond acceptors (Lipinski definition) is 2. The van der Waals surface area contributed by atoms with Crippen LogP contribution in [0.1, 0.15) is 26.2 Å². The van der Waals surface area contributed by atoms with E-state index in [4.69, 9.17) is 0 Å². The van der Waals surface area contributed by atoms with Gasteiger partial charge in [0.2, 0.25) is 5.91 Å². The molecule has 2 aromatic rings. The molecule has 2 rings (SSSR count). The highest BCUT2D eigenvalue weighted by molar-refractivity contribution is 9.10. The molecule has 0 bridgehead atoms. The second-order valence-electron chi connectivity index (χ2n) is 4.87. The summed E-state index contributed by atoms with van der Waals surface area (Å²) in [5.41, 5.74) is 2.24. The Morgan fingerprint density at radius 2 is 1.85 bits per heavy atom. The third-order valence-corrected chi connectivity index (χ3v) is 4.05. The van der Waals surface area contributed by atoms with Gasteiger partial charge in [-0.3, -0.25) is 13.9 Å². The molecule has 6 heteroatoms. The first-order valence-electron chi connectivity index (χ1n) is 6.60. The molecule has 0 saturated heterocycles. The van der Waals surface area contributed by atoms with Crippen molar-refractivity contribution in [1.82, 2.24) is 9.13 Å². The van der Waals surface area contributed by atoms with Gasteiger partial charge in [-0.15, -0.1) is 0 Å². The van der Waals surface area contributed by atoms with Crippen LogP contribution in [-0.4, -0.2) is 15.0 Å². The molecule has 0 unspecified atom stereocenters. The second kappa shape index (κ2) is 5.83. The van der Waals surface area contributed by atoms with Crippen LogP contribution in [-0.2, 0) is 18.9 Å². The molecule has 0 aliphatic carbocycles. The molecule has 1 aromatic carbocycles. The third-order valence-electron chi connectivity index (χ3n) is 3.39. The van der Waals surface area contributed by atoms with Gasteiger partial charge >= 0.3 is 5.69 Å². The molecule has 0 radical (unpaired) electrons. The molecule has 0 spiro atoms. The van der Waals surface area contributed by atoms with Crippen molar-refractivity contribution in [2.75, 3.05) is 5.32 Å². The van der Waals surface area contributed by atoms with Crippen molar-refractivity contribution in [3.63, 3.8) is 0 Å². The van der Waals surface area contributed by atoms with Crippen LogP contribution in [0, 0.1) is 0 Å². The lowest BCUT2D eigenvalue weighted by Crippen LogP contribution is -2.19. The van der Waals surface area contributed by atoms with E-state index < -0.39 is 0 Å². The largest absolute Gasteiger partial charge is 0.328 e. The van der Waals surface area contributed by atoms with Crippen LogP contribution < -0.4 is 11.0 Å². The number of rotatable bonds is 4. The average molecular weight is 340 g/mol. The Balaban J connectivity index is 2.40. The predicted octanol–water partition coefficient (Wildman–Crippen LogP) is 2.77. The van der Waals surface area contributed by atoms with Crippen molar-refractivity contribution >= 4 is 38.6 Å². The number of anilines is 1. The molecule has 108 valence electrons. The summed E-state index contributed by atoms with van der Waals surface area (Å²) in [6.45, 7) is 2.05. The van der Waals surface area contributed by atoms with E-state index in [0.29, 0.717) is 12.1 Å². The van der Waals surface area contributed by atoms with Crippen molar-refractivity contribution in [1.29, 1.82) is 0 Å². The highest BCUT2D eigenvalue weighted by atomic mass is 79.9. The monoisotopic (exact) mass is 339 g/mol. The summed E-state index contributed by atoms with van der Waals surface area (Å²) in [5.74, 6) is -0.00664. The van der Waals surface area contributed by atoms with Crippen molar-refractivity contribution < 1.29 is 4.79 Å². The molecular weight excluding hydrogens is 322 g/mol. The standard InChI is InChI=1S/C14H18BrN3O2/c1-4-5-6-13(19)16-10-8-12-11(7-9(10)15)17(2)14(20)18(12)3/h7-8H,4-6H2,1-3H3,(H,16,19). The molecule has 0 atom stereocenters. The molecular formula is C14H18BrN3O2. The van der Waals surface area contributed by atoms with Gasteiger partial charge in [0.25, 0.3) is 0 Å². The first kappa shape index (κ1) is 14.8. The number of benzene rings is 1. The van der Waals surface area contributed by atoms with Gasteiger partial charge in [-0.1, -0.05) is 13.3 Å². The molecule has 0 fully saturated rings. The van der Waals surface area contributed by atoms with Gasteiger partial charge < -0.3 is 5.32 Å². The van der Waals surface area contributed by atoms with Crippen molar-refractivity contribution in [2.45, 2.75) is 26.2 Å². The van der Waals surface area contributed by atoms with Crippen LogP contribution in [0.15, 0.2) is 21.4 Å². The average Bonchev–Trinajstić information content (AvgIpc) is 2.62. The molecule has 1 amide bonds. The number of nitrogens with zero attached hydrogens (tertiary/aromatic N) is 2. The number of aryl methyl sites for hydroxylation is 2. The lowest BCUT2D eigenvalue weighted by molar-refractivity contribution is -0.116. The Hall–Kier alpha value is -1.56. The van der Waals surface area contributed by atoms with Crippen LogP contribution >= 0.6 is 15.9 Å². The maximum absolute atomic E-state index is 11.9. The first-order valence-corrected chi connectivity index (χ1v) is 7.39. The lowest BCUT2D eigenvalue weighted by Gasteiger charge is -2.08. The SMILES string of the molecule is CCCCC(=O)Nc1cc2c(cc1Br)n(C)c(=O)n2C. The van der Waals surface area contributed by atoms with Gasteiger partial charge in [-0.25, -0.2) is 4.79 Å². The van der Waals surface area contributed by atoms with E-state index in [9.17, 15) is 9.59 Å². The summed E-state index contributed by atoms with van der Waals surface area (Å²) < 4.78 is 3.93. The topological polar surface area (TPSA) is 56.0 Å². The highest BCUT2D eigenvalue weighted by Crippen LogP contribution is 2.28. The third kappa shape index (κ3) is 2.65. The Labute approximate surface area is 125 Å². The summed E-state index contributed by atoms with van der Waals surface area (Å²) in [4.78, 5) is 23.7. The van der Waals surface area contributed by atoms with E-state index in [2.05, 4.69) is 28.2 Å². The van der Waals surface area contributed by atoms with E-state index in [1.54, 1.807) is 23.2 Å². The number of aromatic nitrogens is 2. The minimum atomic E-state index is -0.0821. The molecule has 0 aliphatic rings. The highest BCUT2D eigenvalue weighted by Gasteiger charge is 2.12. The predicted molar refractivity (Wildman–Crippen MR) is 84.0 cm³/mol. The number of carbonyl (C=O) groups is 1. The van der Waals surface area contributed by atoms with Crippen LogP contribution in [0.3, 0.4) is 0 Å². The molecule has 5 nitrogen and oxygen atoms in total. The van der Waals surface area contributed by atoms with Gasteiger partial charge in [0.15, 0.2) is 0 Å². The zero-order chi connectivity index (χ0) is 14.9. The van der Waals surface area contributed by atoms with Crippen molar-refractivity contribution in [3.05, 3.63) is 27.1 Å². The number of unbranched alkanes of at least 4 members (excludes halogenated alkanes) is 1. The zero-order valence-electron chi connectivity index (χ0n) is 11.9. The zero-order valence-corrected chi connectivity index (χ0v) is 13.5. The van der Waals surface area contributed by atoms with E-state index in [1.807, 2.05) is 12.1 Å². The molecule has 20 heavy (non-hydrogen) atoms. The van der Waals surface area contributed by atoms with Gasteiger partial charge in [0.05, 0.1) is 16.7 Å². The molecule has 0 aliphatic heterocycles. The molecule has 1 heterocycles. The van der Waals surface area contributed by atoms with Crippen LogP contribution in [0.25, 0.3) is 11.0 Å². The second-order valence-corrected chi connectivity index (χ2v) is 5.73. The quantitative estimate of drug-likeness (QED) is 0.931. The Morgan fingerprint density at radius 3 is 2.45 bits per heavy atom. The number of nitrogens with one attached hydrogen (secondary N) is 1. The van der Waals surface area contributed by atoms with Crippen LogP contribution in [0.2, 0.25) is 0 Å². The number of fused-ring (bicyclic) bond motifs is 1. The van der Waals surface area contributed by atoms with Crippen LogP contribution in [0.5, 0.6) is 0 Å². The lowest BCUT2D eigenvalue weighted by atomic mass is 10.2. The van der Waals surface area contributed by atoms with Gasteiger partial charge in [0.1, 0.15) is 0 Å². The van der Waals surface area contributed by atoms with E-state index >= 15 is 0 Å². The van der Waals surface area contributed by atoms with Crippen molar-refractivity contribution in [2.24, 2.45) is 14.1 Å². The van der Waals surface area contributed by atoms with Gasteiger partial charge in [0, 0.05) is 25.0 Å². The Bertz CT molecular complexity index is 715. The fraction of sp³-hybridized carbons (Fsp3) is 0.429. The molecule has 1 N–H and O–H groups in total. The minimum absolute atomic E-state index is 0.00664. The van der Waals surface area contributed by atoms with E-state index in [-0.39, 0.29) is 11.6 Å².